The highest BCUT2D eigenvalue weighted by molar-refractivity contribution is 7.99. The fraction of sp³-hybridized carbons (Fsp3) is 0.455. The number of thioether (sulfide) groups is 1. The van der Waals surface area contributed by atoms with E-state index in [1.165, 1.54) is 11.3 Å². The van der Waals surface area contributed by atoms with Gasteiger partial charge in [0.1, 0.15) is 0 Å². The average Bonchev–Trinajstić information content (AvgIpc) is 2.18. The number of nitrogens with one attached hydrogen (secondary N) is 1. The molecule has 1 N–H and O–H groups in total. The van der Waals surface area contributed by atoms with Gasteiger partial charge in [-0.1, -0.05) is 24.6 Å². The topological polar surface area (TPSA) is 12.0 Å². The summed E-state index contributed by atoms with van der Waals surface area (Å²) in [7, 11) is 0. The molecule has 1 rings (SSSR count). The Labute approximate surface area is 95.2 Å². The van der Waals surface area contributed by atoms with E-state index >= 15 is 0 Å². The summed E-state index contributed by atoms with van der Waals surface area (Å²) in [6, 6.07) is 8.02. The van der Waals surface area contributed by atoms with Gasteiger partial charge in [-0.05, 0) is 43.5 Å². The molecule has 0 saturated heterocycles. The summed E-state index contributed by atoms with van der Waals surface area (Å²) >= 11 is 7.74. The molecule has 0 amide bonds. The molecule has 0 aliphatic carbocycles. The van der Waals surface area contributed by atoms with Crippen molar-refractivity contribution in [1.29, 1.82) is 0 Å². The number of halogens is 1. The monoisotopic (exact) mass is 229 g/mol. The van der Waals surface area contributed by atoms with Crippen LogP contribution in [0, 0.1) is 0 Å². The van der Waals surface area contributed by atoms with Crippen LogP contribution in [-0.4, -0.2) is 18.8 Å². The Morgan fingerprint density at radius 2 is 2.29 bits per heavy atom. The number of benzene rings is 1. The van der Waals surface area contributed by atoms with Gasteiger partial charge in [-0.25, -0.2) is 0 Å². The van der Waals surface area contributed by atoms with Crippen molar-refractivity contribution >= 4 is 23.4 Å². The minimum Gasteiger partial charge on any atom is -0.317 e. The SMILES string of the molecule is CCNCCCSc1cccc(Cl)c1. The molecule has 3 heteroatoms. The standard InChI is InChI=1S/C11H16ClNS/c1-2-13-7-4-8-14-11-6-3-5-10(12)9-11/h3,5-6,9,13H,2,4,7-8H2,1H3. The van der Waals surface area contributed by atoms with E-state index < -0.39 is 0 Å². The highest BCUT2D eigenvalue weighted by atomic mass is 35.5. The normalized spacial score (nSPS) is 10.4. The van der Waals surface area contributed by atoms with Crippen LogP contribution < -0.4 is 5.32 Å². The summed E-state index contributed by atoms with van der Waals surface area (Å²) in [6.45, 7) is 4.29. The lowest BCUT2D eigenvalue weighted by Crippen LogP contribution is -2.14. The van der Waals surface area contributed by atoms with E-state index in [1.54, 1.807) is 0 Å². The molecule has 0 saturated carbocycles. The first-order chi connectivity index (χ1) is 6.83. The van der Waals surface area contributed by atoms with E-state index in [0.29, 0.717) is 0 Å². The molecule has 0 unspecified atom stereocenters. The molecule has 0 fully saturated rings. The number of rotatable bonds is 6. The van der Waals surface area contributed by atoms with Gasteiger partial charge in [-0.3, -0.25) is 0 Å². The van der Waals surface area contributed by atoms with E-state index in [2.05, 4.69) is 18.3 Å². The largest absolute Gasteiger partial charge is 0.317 e. The highest BCUT2D eigenvalue weighted by Crippen LogP contribution is 2.21. The van der Waals surface area contributed by atoms with Gasteiger partial charge < -0.3 is 5.32 Å². The van der Waals surface area contributed by atoms with Crippen LogP contribution in [0.25, 0.3) is 0 Å². The predicted octanol–water partition coefficient (Wildman–Crippen LogP) is 3.43. The molecule has 0 aromatic heterocycles. The van der Waals surface area contributed by atoms with Crippen molar-refractivity contribution in [1.82, 2.24) is 5.32 Å². The minimum atomic E-state index is 0.821. The second kappa shape index (κ2) is 7.16. The molecule has 0 aliphatic heterocycles. The first kappa shape index (κ1) is 11.9. The lowest BCUT2D eigenvalue weighted by atomic mass is 10.4. The first-order valence-corrected chi connectivity index (χ1v) is 6.28. The first-order valence-electron chi connectivity index (χ1n) is 4.92. The number of hydrogen-bond donors (Lipinski definition) is 1. The molecule has 78 valence electrons. The Morgan fingerprint density at radius 3 is 3.00 bits per heavy atom. The van der Waals surface area contributed by atoms with E-state index in [0.717, 1.165) is 23.9 Å². The number of hydrogen-bond acceptors (Lipinski definition) is 2. The zero-order valence-electron chi connectivity index (χ0n) is 8.42. The van der Waals surface area contributed by atoms with Crippen LogP contribution in [0.15, 0.2) is 29.2 Å². The smallest absolute Gasteiger partial charge is 0.0417 e. The Morgan fingerprint density at radius 1 is 1.43 bits per heavy atom. The van der Waals surface area contributed by atoms with Crippen molar-refractivity contribution in [3.8, 4) is 0 Å². The highest BCUT2D eigenvalue weighted by Gasteiger charge is 1.94. The molecule has 0 atom stereocenters. The minimum absolute atomic E-state index is 0.821. The zero-order valence-corrected chi connectivity index (χ0v) is 10.00. The van der Waals surface area contributed by atoms with E-state index in [4.69, 9.17) is 11.6 Å². The quantitative estimate of drug-likeness (QED) is 0.593. The third-order valence-corrected chi connectivity index (χ3v) is 3.13. The van der Waals surface area contributed by atoms with Crippen molar-refractivity contribution < 1.29 is 0 Å². The van der Waals surface area contributed by atoms with Gasteiger partial charge in [0.25, 0.3) is 0 Å². The maximum atomic E-state index is 5.88. The molecule has 0 aliphatic rings. The summed E-state index contributed by atoms with van der Waals surface area (Å²) in [6.07, 6.45) is 1.20. The van der Waals surface area contributed by atoms with Crippen LogP contribution in [0.4, 0.5) is 0 Å². The molecule has 1 nitrogen and oxygen atoms in total. The van der Waals surface area contributed by atoms with Crippen LogP contribution in [0.2, 0.25) is 5.02 Å². The lowest BCUT2D eigenvalue weighted by Gasteiger charge is -2.02. The van der Waals surface area contributed by atoms with E-state index in [-0.39, 0.29) is 0 Å². The van der Waals surface area contributed by atoms with Crippen molar-refractivity contribution in [3.05, 3.63) is 29.3 Å². The third kappa shape index (κ3) is 4.89. The molecule has 0 heterocycles. The van der Waals surface area contributed by atoms with Crippen LogP contribution in [-0.2, 0) is 0 Å². The van der Waals surface area contributed by atoms with Crippen LogP contribution in [0.5, 0.6) is 0 Å². The van der Waals surface area contributed by atoms with Crippen molar-refractivity contribution in [2.45, 2.75) is 18.2 Å². The van der Waals surface area contributed by atoms with Gasteiger partial charge in [-0.2, -0.15) is 0 Å². The predicted molar refractivity (Wildman–Crippen MR) is 65.3 cm³/mol. The summed E-state index contributed by atoms with van der Waals surface area (Å²) in [5.41, 5.74) is 0. The van der Waals surface area contributed by atoms with E-state index in [9.17, 15) is 0 Å². The van der Waals surface area contributed by atoms with Crippen molar-refractivity contribution in [2.24, 2.45) is 0 Å². The summed E-state index contributed by atoms with van der Waals surface area (Å²) < 4.78 is 0. The molecule has 1 aromatic carbocycles. The molecule has 0 radical (unpaired) electrons. The van der Waals surface area contributed by atoms with Crippen LogP contribution in [0.3, 0.4) is 0 Å². The van der Waals surface area contributed by atoms with Gasteiger partial charge in [0.2, 0.25) is 0 Å². The second-order valence-electron chi connectivity index (χ2n) is 3.01. The Kier molecular flexibility index (Phi) is 6.08. The fourth-order valence-corrected chi connectivity index (χ4v) is 2.29. The summed E-state index contributed by atoms with van der Waals surface area (Å²) in [5, 5.41) is 4.13. The molecule has 0 spiro atoms. The van der Waals surface area contributed by atoms with Crippen LogP contribution in [0.1, 0.15) is 13.3 Å². The van der Waals surface area contributed by atoms with Gasteiger partial charge in [0.05, 0.1) is 0 Å². The van der Waals surface area contributed by atoms with E-state index in [1.807, 2.05) is 30.0 Å². The lowest BCUT2D eigenvalue weighted by molar-refractivity contribution is 0.707. The van der Waals surface area contributed by atoms with Gasteiger partial charge in [0, 0.05) is 9.92 Å². The molecule has 1 aromatic rings. The summed E-state index contributed by atoms with van der Waals surface area (Å²) in [5.74, 6) is 1.15. The van der Waals surface area contributed by atoms with Gasteiger partial charge >= 0.3 is 0 Å². The molecular formula is C11H16ClNS. The Hall–Kier alpha value is -0.180. The van der Waals surface area contributed by atoms with Crippen LogP contribution >= 0.6 is 23.4 Å². The van der Waals surface area contributed by atoms with Gasteiger partial charge in [0.15, 0.2) is 0 Å². The third-order valence-electron chi connectivity index (χ3n) is 1.81. The van der Waals surface area contributed by atoms with Crippen molar-refractivity contribution in [3.63, 3.8) is 0 Å². The summed E-state index contributed by atoms with van der Waals surface area (Å²) in [4.78, 5) is 1.26. The molecule has 14 heavy (non-hydrogen) atoms. The maximum Gasteiger partial charge on any atom is 0.0417 e. The molecule has 0 bridgehead atoms. The van der Waals surface area contributed by atoms with Crippen molar-refractivity contribution in [2.75, 3.05) is 18.8 Å². The van der Waals surface area contributed by atoms with Gasteiger partial charge in [-0.15, -0.1) is 11.8 Å². The average molecular weight is 230 g/mol. The zero-order chi connectivity index (χ0) is 10.2. The Balaban J connectivity index is 2.18. The second-order valence-corrected chi connectivity index (χ2v) is 4.62. The maximum absolute atomic E-state index is 5.88. The fourth-order valence-electron chi connectivity index (χ4n) is 1.12. The Bertz CT molecular complexity index is 265. The molecular weight excluding hydrogens is 214 g/mol.